The lowest BCUT2D eigenvalue weighted by atomic mass is 9.99. The number of fused-ring (bicyclic) bond motifs is 9. The summed E-state index contributed by atoms with van der Waals surface area (Å²) in [6.07, 6.45) is 0. The van der Waals surface area contributed by atoms with Crippen LogP contribution in [0.4, 0.5) is 17.1 Å². The summed E-state index contributed by atoms with van der Waals surface area (Å²) in [4.78, 5) is 2.50. The summed E-state index contributed by atoms with van der Waals surface area (Å²) in [5.74, 6) is 0. The van der Waals surface area contributed by atoms with Crippen molar-refractivity contribution in [1.82, 2.24) is 4.57 Å². The normalized spacial score (nSPS) is 11.8. The zero-order valence-electron chi connectivity index (χ0n) is 31.3. The molecule has 58 heavy (non-hydrogen) atoms. The molecule has 4 heteroatoms. The number of benzene rings is 9. The van der Waals surface area contributed by atoms with Crippen molar-refractivity contribution in [3.05, 3.63) is 206 Å². The summed E-state index contributed by atoms with van der Waals surface area (Å²) in [6.45, 7) is 0. The van der Waals surface area contributed by atoms with Gasteiger partial charge in [-0.3, -0.25) is 0 Å². The summed E-state index contributed by atoms with van der Waals surface area (Å²) < 4.78 is 11.5. The van der Waals surface area contributed by atoms with Crippen molar-refractivity contribution >= 4 is 92.3 Å². The molecule has 0 bridgehead atoms. The molecule has 0 aliphatic rings. The fourth-order valence-electron chi connectivity index (χ4n) is 9.01. The van der Waals surface area contributed by atoms with Crippen molar-refractivity contribution in [3.8, 4) is 27.9 Å². The number of hydrogen-bond acceptors (Lipinski definition) is 3. The van der Waals surface area contributed by atoms with Crippen LogP contribution in [-0.4, -0.2) is 4.57 Å². The van der Waals surface area contributed by atoms with Gasteiger partial charge in [0.1, 0.15) is 11.2 Å². The van der Waals surface area contributed by atoms with E-state index in [1.807, 2.05) is 11.3 Å². The SMILES string of the molecule is c1ccc(-c2ccc3oc4ccc(N(c5ccc(-c6ccccc6)c6sc7ccccc7c56)c5cccc6c5c5ccccc5n6-c5ccccc5)cc4c3c2)cc1. The van der Waals surface area contributed by atoms with Crippen LogP contribution in [-0.2, 0) is 0 Å². The monoisotopic (exact) mass is 758 g/mol. The predicted octanol–water partition coefficient (Wildman–Crippen LogP) is 15.9. The molecule has 0 fully saturated rings. The molecule has 12 rings (SSSR count). The van der Waals surface area contributed by atoms with E-state index in [0.29, 0.717) is 0 Å². The zero-order chi connectivity index (χ0) is 38.2. The van der Waals surface area contributed by atoms with Crippen molar-refractivity contribution in [2.24, 2.45) is 0 Å². The molecule has 0 radical (unpaired) electrons. The lowest BCUT2D eigenvalue weighted by Crippen LogP contribution is -2.11. The molecule has 0 N–H and O–H groups in total. The molecular formula is C54H34N2OS. The smallest absolute Gasteiger partial charge is 0.135 e. The fraction of sp³-hybridized carbons (Fsp3) is 0. The van der Waals surface area contributed by atoms with E-state index in [1.165, 1.54) is 58.7 Å². The maximum atomic E-state index is 6.53. The topological polar surface area (TPSA) is 21.3 Å². The van der Waals surface area contributed by atoms with Crippen molar-refractivity contribution in [3.63, 3.8) is 0 Å². The second-order valence-electron chi connectivity index (χ2n) is 14.9. The van der Waals surface area contributed by atoms with Gasteiger partial charge in [0.15, 0.2) is 0 Å². The maximum absolute atomic E-state index is 6.53. The van der Waals surface area contributed by atoms with Crippen LogP contribution >= 0.6 is 11.3 Å². The zero-order valence-corrected chi connectivity index (χ0v) is 32.2. The first-order valence-electron chi connectivity index (χ1n) is 19.7. The predicted molar refractivity (Wildman–Crippen MR) is 247 cm³/mol. The Balaban J connectivity index is 1.19. The number of thiophene rings is 1. The quantitative estimate of drug-likeness (QED) is 0.168. The van der Waals surface area contributed by atoms with Crippen LogP contribution in [0, 0.1) is 0 Å². The lowest BCUT2D eigenvalue weighted by molar-refractivity contribution is 0.669. The molecule has 12 aromatic rings. The van der Waals surface area contributed by atoms with Gasteiger partial charge in [-0.15, -0.1) is 11.3 Å². The third kappa shape index (κ3) is 5.05. The van der Waals surface area contributed by atoms with Crippen molar-refractivity contribution < 1.29 is 4.42 Å². The Bertz CT molecular complexity index is 3500. The number of rotatable bonds is 6. The molecule has 3 aromatic heterocycles. The summed E-state index contributed by atoms with van der Waals surface area (Å²) >= 11 is 1.87. The molecule has 3 heterocycles. The minimum atomic E-state index is 0.869. The van der Waals surface area contributed by atoms with Crippen LogP contribution in [0.5, 0.6) is 0 Å². The van der Waals surface area contributed by atoms with E-state index in [9.17, 15) is 0 Å². The first-order chi connectivity index (χ1) is 28.8. The van der Waals surface area contributed by atoms with Gasteiger partial charge in [-0.25, -0.2) is 0 Å². The van der Waals surface area contributed by atoms with Gasteiger partial charge in [0.25, 0.3) is 0 Å². The third-order valence-corrected chi connectivity index (χ3v) is 12.8. The molecule has 0 spiro atoms. The second-order valence-corrected chi connectivity index (χ2v) is 15.9. The van der Waals surface area contributed by atoms with Gasteiger partial charge in [0.2, 0.25) is 0 Å². The van der Waals surface area contributed by atoms with Gasteiger partial charge in [-0.2, -0.15) is 0 Å². The third-order valence-electron chi connectivity index (χ3n) is 11.6. The summed E-state index contributed by atoms with van der Waals surface area (Å²) in [6, 6.07) is 74.4. The van der Waals surface area contributed by atoms with E-state index in [2.05, 4.69) is 216 Å². The molecule has 0 unspecified atom stereocenters. The van der Waals surface area contributed by atoms with E-state index in [0.717, 1.165) is 50.2 Å². The van der Waals surface area contributed by atoms with Crippen LogP contribution in [0.25, 0.3) is 91.9 Å². The number of hydrogen-bond donors (Lipinski definition) is 0. The van der Waals surface area contributed by atoms with Crippen molar-refractivity contribution in [2.75, 3.05) is 4.90 Å². The fourth-order valence-corrected chi connectivity index (χ4v) is 10.3. The molecule has 9 aromatic carbocycles. The van der Waals surface area contributed by atoms with Crippen LogP contribution < -0.4 is 4.90 Å². The average molecular weight is 759 g/mol. The Kier molecular flexibility index (Phi) is 7.40. The van der Waals surface area contributed by atoms with Crippen LogP contribution in [0.2, 0.25) is 0 Å². The minimum absolute atomic E-state index is 0.869. The van der Waals surface area contributed by atoms with E-state index in [-0.39, 0.29) is 0 Å². The van der Waals surface area contributed by atoms with Gasteiger partial charge in [0.05, 0.1) is 22.4 Å². The molecule has 0 atom stereocenters. The van der Waals surface area contributed by atoms with Gasteiger partial charge >= 0.3 is 0 Å². The molecule has 0 saturated heterocycles. The number of furan rings is 1. The summed E-state index contributed by atoms with van der Waals surface area (Å²) in [5, 5.41) is 7.08. The van der Waals surface area contributed by atoms with Crippen LogP contribution in [0.3, 0.4) is 0 Å². The first kappa shape index (κ1) is 32.8. The largest absolute Gasteiger partial charge is 0.456 e. The molecule has 272 valence electrons. The van der Waals surface area contributed by atoms with E-state index in [4.69, 9.17) is 4.42 Å². The van der Waals surface area contributed by atoms with Crippen LogP contribution in [0.15, 0.2) is 211 Å². The number of para-hydroxylation sites is 2. The first-order valence-corrected chi connectivity index (χ1v) is 20.5. The Morgan fingerprint density at radius 1 is 0.414 bits per heavy atom. The minimum Gasteiger partial charge on any atom is -0.456 e. The standard InChI is InChI=1S/C54H34N2OS/c1-4-15-35(16-5-1)37-27-31-49-43(33-37)44-34-39(28-32-50(44)57-49)56(47-25-14-24-46-52(47)41-21-10-12-23-45(41)55(46)38-19-8-3-9-20-38)48-30-29-40(36-17-6-2-7-18-36)54-53(48)42-22-11-13-26-51(42)58-54/h1-34H. The van der Waals surface area contributed by atoms with Gasteiger partial charge < -0.3 is 13.9 Å². The van der Waals surface area contributed by atoms with Gasteiger partial charge in [0, 0.05) is 53.1 Å². The van der Waals surface area contributed by atoms with Crippen molar-refractivity contribution in [1.29, 1.82) is 0 Å². The van der Waals surface area contributed by atoms with Gasteiger partial charge in [-0.05, 0) is 95.1 Å². The highest BCUT2D eigenvalue weighted by Crippen LogP contribution is 2.51. The molecule has 3 nitrogen and oxygen atoms in total. The molecular weight excluding hydrogens is 725 g/mol. The summed E-state index contributed by atoms with van der Waals surface area (Å²) in [5.41, 5.74) is 13.3. The van der Waals surface area contributed by atoms with Crippen LogP contribution in [0.1, 0.15) is 0 Å². The van der Waals surface area contributed by atoms with E-state index < -0.39 is 0 Å². The highest BCUT2D eigenvalue weighted by molar-refractivity contribution is 7.26. The van der Waals surface area contributed by atoms with Crippen molar-refractivity contribution in [2.45, 2.75) is 0 Å². The maximum Gasteiger partial charge on any atom is 0.135 e. The highest BCUT2D eigenvalue weighted by Gasteiger charge is 2.25. The number of nitrogens with zero attached hydrogens (tertiary/aromatic N) is 2. The average Bonchev–Trinajstić information content (AvgIpc) is 3.97. The van der Waals surface area contributed by atoms with E-state index >= 15 is 0 Å². The lowest BCUT2D eigenvalue weighted by Gasteiger charge is -2.28. The number of aromatic nitrogens is 1. The number of anilines is 3. The Morgan fingerprint density at radius 3 is 1.86 bits per heavy atom. The molecule has 0 amide bonds. The second kappa shape index (κ2) is 13.1. The Labute approximate surface area is 338 Å². The molecule has 0 saturated carbocycles. The highest BCUT2D eigenvalue weighted by atomic mass is 32.1. The van der Waals surface area contributed by atoms with Gasteiger partial charge in [-0.1, -0.05) is 133 Å². The summed E-state index contributed by atoms with van der Waals surface area (Å²) in [7, 11) is 0. The Hall–Kier alpha value is -7.40. The molecule has 0 aliphatic heterocycles. The molecule has 0 aliphatic carbocycles. The Morgan fingerprint density at radius 2 is 1.05 bits per heavy atom. The van der Waals surface area contributed by atoms with E-state index in [1.54, 1.807) is 0 Å².